The van der Waals surface area contributed by atoms with Crippen LogP contribution in [0, 0.1) is 6.92 Å². The predicted molar refractivity (Wildman–Crippen MR) is 99.6 cm³/mol. The zero-order valence-corrected chi connectivity index (χ0v) is 15.7. The minimum absolute atomic E-state index is 0.0947. The maximum absolute atomic E-state index is 12.4. The fourth-order valence-electron chi connectivity index (χ4n) is 3.35. The largest absolute Gasteiger partial charge is 0.476 e. The van der Waals surface area contributed by atoms with E-state index in [0.29, 0.717) is 18.8 Å². The van der Waals surface area contributed by atoms with Gasteiger partial charge in [-0.1, -0.05) is 6.07 Å². The number of fused-ring (bicyclic) bond motifs is 1. The Hall–Kier alpha value is -3.00. The van der Waals surface area contributed by atoms with E-state index in [9.17, 15) is 9.59 Å². The van der Waals surface area contributed by atoms with Crippen LogP contribution in [-0.2, 0) is 11.3 Å². The Morgan fingerprint density at radius 1 is 1.11 bits per heavy atom. The molecule has 28 heavy (non-hydrogen) atoms. The smallest absolute Gasteiger partial charge is 0.260 e. The first-order chi connectivity index (χ1) is 13.6. The number of hydrogen-bond acceptors (Lipinski definition) is 7. The highest BCUT2D eigenvalue weighted by Crippen LogP contribution is 2.32. The third-order valence-corrected chi connectivity index (χ3v) is 4.92. The average molecular weight is 386 g/mol. The Balaban J connectivity index is 1.27. The molecule has 0 radical (unpaired) electrons. The molecule has 0 aliphatic carbocycles. The third kappa shape index (κ3) is 3.96. The Labute approximate surface area is 162 Å². The van der Waals surface area contributed by atoms with Gasteiger partial charge in [0.25, 0.3) is 5.91 Å². The first-order valence-electron chi connectivity index (χ1n) is 9.20. The van der Waals surface area contributed by atoms with Crippen LogP contribution in [0.25, 0.3) is 0 Å². The van der Waals surface area contributed by atoms with Crippen molar-refractivity contribution in [3.63, 3.8) is 0 Å². The maximum atomic E-state index is 12.4. The molecule has 0 unspecified atom stereocenters. The Morgan fingerprint density at radius 2 is 1.89 bits per heavy atom. The van der Waals surface area contributed by atoms with E-state index in [1.165, 1.54) is 12.3 Å². The van der Waals surface area contributed by atoms with E-state index < -0.39 is 0 Å². The molecule has 8 heteroatoms. The zero-order valence-electron chi connectivity index (χ0n) is 15.7. The van der Waals surface area contributed by atoms with Crippen molar-refractivity contribution in [2.45, 2.75) is 13.5 Å². The lowest BCUT2D eigenvalue weighted by Crippen LogP contribution is -2.49. The molecule has 8 nitrogen and oxygen atoms in total. The molecular formula is C20H22N2O6. The third-order valence-electron chi connectivity index (χ3n) is 4.92. The highest BCUT2D eigenvalue weighted by molar-refractivity contribution is 5.77. The highest BCUT2D eigenvalue weighted by atomic mass is 16.7. The summed E-state index contributed by atoms with van der Waals surface area (Å²) in [5, 5.41) is 0. The van der Waals surface area contributed by atoms with E-state index in [1.807, 2.05) is 18.2 Å². The summed E-state index contributed by atoms with van der Waals surface area (Å²) in [4.78, 5) is 28.2. The number of rotatable bonds is 5. The van der Waals surface area contributed by atoms with Gasteiger partial charge in [-0.05, 0) is 24.6 Å². The number of nitrogens with zero attached hydrogens (tertiary/aromatic N) is 2. The van der Waals surface area contributed by atoms with Crippen LogP contribution in [0.15, 0.2) is 39.7 Å². The highest BCUT2D eigenvalue weighted by Gasteiger charge is 2.23. The van der Waals surface area contributed by atoms with E-state index in [0.717, 1.165) is 36.7 Å². The molecule has 2 aromatic rings. The number of amides is 1. The normalized spacial score (nSPS) is 16.2. The molecule has 1 amide bonds. The maximum Gasteiger partial charge on any atom is 0.260 e. The molecule has 0 bridgehead atoms. The summed E-state index contributed by atoms with van der Waals surface area (Å²) in [6, 6.07) is 7.24. The summed E-state index contributed by atoms with van der Waals surface area (Å²) in [5.74, 6) is 1.89. The SMILES string of the molecule is Cc1occc(=O)c1OCC(=O)N1CCN(Cc2ccc3c(c2)OCO3)CC1. The average Bonchev–Trinajstić information content (AvgIpc) is 3.16. The van der Waals surface area contributed by atoms with Gasteiger partial charge in [0.15, 0.2) is 18.1 Å². The van der Waals surface area contributed by atoms with Crippen LogP contribution in [0.4, 0.5) is 0 Å². The standard InChI is InChI=1S/C20H22N2O6/c1-14-20(16(23)4-9-25-14)26-12-19(24)22-7-5-21(6-8-22)11-15-2-3-17-18(10-15)28-13-27-17/h2-4,9-10H,5-8,11-13H2,1H3. The van der Waals surface area contributed by atoms with Crippen molar-refractivity contribution in [1.82, 2.24) is 9.80 Å². The van der Waals surface area contributed by atoms with Crippen molar-refractivity contribution in [2.75, 3.05) is 39.6 Å². The molecule has 0 spiro atoms. The fraction of sp³-hybridized carbons (Fsp3) is 0.400. The second-order valence-electron chi connectivity index (χ2n) is 6.80. The van der Waals surface area contributed by atoms with Gasteiger partial charge in [0.1, 0.15) is 5.76 Å². The number of benzene rings is 1. The molecule has 1 aromatic carbocycles. The molecule has 2 aliphatic heterocycles. The summed E-state index contributed by atoms with van der Waals surface area (Å²) >= 11 is 0. The lowest BCUT2D eigenvalue weighted by atomic mass is 10.1. The van der Waals surface area contributed by atoms with Gasteiger partial charge in [-0.25, -0.2) is 0 Å². The molecule has 4 rings (SSSR count). The van der Waals surface area contributed by atoms with Crippen LogP contribution in [-0.4, -0.2) is 55.3 Å². The summed E-state index contributed by atoms with van der Waals surface area (Å²) in [5.41, 5.74) is 0.865. The van der Waals surface area contributed by atoms with Crippen molar-refractivity contribution in [3.05, 3.63) is 52.1 Å². The Morgan fingerprint density at radius 3 is 2.68 bits per heavy atom. The molecule has 2 aliphatic rings. The predicted octanol–water partition coefficient (Wildman–Crippen LogP) is 1.40. The minimum Gasteiger partial charge on any atom is -0.476 e. The second kappa shape index (κ2) is 7.93. The van der Waals surface area contributed by atoms with Crippen molar-refractivity contribution < 1.29 is 23.4 Å². The summed E-state index contributed by atoms with van der Waals surface area (Å²) in [6.45, 7) is 5.31. The van der Waals surface area contributed by atoms with E-state index >= 15 is 0 Å². The van der Waals surface area contributed by atoms with Gasteiger partial charge in [-0.3, -0.25) is 14.5 Å². The van der Waals surface area contributed by atoms with Crippen LogP contribution in [0.3, 0.4) is 0 Å². The summed E-state index contributed by atoms with van der Waals surface area (Å²) < 4.78 is 21.3. The lowest BCUT2D eigenvalue weighted by molar-refractivity contribution is -0.135. The van der Waals surface area contributed by atoms with Gasteiger partial charge in [0.2, 0.25) is 18.0 Å². The summed E-state index contributed by atoms with van der Waals surface area (Å²) in [6.07, 6.45) is 1.31. The molecular weight excluding hydrogens is 364 g/mol. The molecule has 3 heterocycles. The number of hydrogen-bond donors (Lipinski definition) is 0. The zero-order chi connectivity index (χ0) is 19.5. The van der Waals surface area contributed by atoms with Gasteiger partial charge < -0.3 is 23.5 Å². The Bertz CT molecular complexity index is 917. The number of carbonyl (C=O) groups is 1. The molecule has 0 N–H and O–H groups in total. The van der Waals surface area contributed by atoms with Crippen molar-refractivity contribution in [3.8, 4) is 17.2 Å². The van der Waals surface area contributed by atoms with Crippen LogP contribution < -0.4 is 19.6 Å². The van der Waals surface area contributed by atoms with Crippen LogP contribution in [0.1, 0.15) is 11.3 Å². The van der Waals surface area contributed by atoms with Gasteiger partial charge in [0.05, 0.1) is 6.26 Å². The molecule has 0 atom stereocenters. The van der Waals surface area contributed by atoms with Crippen LogP contribution >= 0.6 is 0 Å². The van der Waals surface area contributed by atoms with Gasteiger partial charge in [0, 0.05) is 38.8 Å². The van der Waals surface area contributed by atoms with E-state index in [1.54, 1.807) is 11.8 Å². The lowest BCUT2D eigenvalue weighted by Gasteiger charge is -2.34. The van der Waals surface area contributed by atoms with Gasteiger partial charge in [-0.15, -0.1) is 0 Å². The molecule has 148 valence electrons. The second-order valence-corrected chi connectivity index (χ2v) is 6.80. The quantitative estimate of drug-likeness (QED) is 0.768. The van der Waals surface area contributed by atoms with Crippen molar-refractivity contribution in [2.24, 2.45) is 0 Å². The molecule has 0 saturated carbocycles. The van der Waals surface area contributed by atoms with Gasteiger partial charge in [-0.2, -0.15) is 0 Å². The number of ether oxygens (including phenoxy) is 3. The number of piperazine rings is 1. The molecule has 1 aromatic heterocycles. The van der Waals surface area contributed by atoms with Crippen LogP contribution in [0.5, 0.6) is 17.2 Å². The molecule has 1 fully saturated rings. The van der Waals surface area contributed by atoms with Gasteiger partial charge >= 0.3 is 0 Å². The van der Waals surface area contributed by atoms with Crippen molar-refractivity contribution in [1.29, 1.82) is 0 Å². The number of carbonyl (C=O) groups excluding carboxylic acids is 1. The van der Waals surface area contributed by atoms with Crippen LogP contribution in [0.2, 0.25) is 0 Å². The summed E-state index contributed by atoms with van der Waals surface area (Å²) in [7, 11) is 0. The number of aryl methyl sites for hydroxylation is 1. The van der Waals surface area contributed by atoms with Crippen molar-refractivity contribution >= 4 is 5.91 Å². The minimum atomic E-state index is -0.287. The topological polar surface area (TPSA) is 81.5 Å². The first-order valence-corrected chi connectivity index (χ1v) is 9.20. The monoisotopic (exact) mass is 386 g/mol. The molecule has 1 saturated heterocycles. The Kier molecular flexibility index (Phi) is 5.21. The van der Waals surface area contributed by atoms with E-state index in [-0.39, 0.29) is 30.5 Å². The first kappa shape index (κ1) is 18.4. The van der Waals surface area contributed by atoms with E-state index in [4.69, 9.17) is 18.6 Å². The van der Waals surface area contributed by atoms with E-state index in [2.05, 4.69) is 4.90 Å². The fourth-order valence-corrected chi connectivity index (χ4v) is 3.35.